The number of carbonyl (C=O) groups is 1. The number of piperazine rings is 1. The highest BCUT2D eigenvalue weighted by molar-refractivity contribution is 7.80. The molecule has 0 spiro atoms. The molecule has 1 N–H and O–H groups in total. The maximum absolute atomic E-state index is 12.7. The van der Waals surface area contributed by atoms with Crippen LogP contribution in [0.4, 0.5) is 11.4 Å². The maximum atomic E-state index is 12.7. The Morgan fingerprint density at radius 2 is 1.76 bits per heavy atom. The van der Waals surface area contributed by atoms with Crippen molar-refractivity contribution >= 4 is 69.4 Å². The number of nitrogens with zero attached hydrogens (tertiary/aromatic N) is 3. The van der Waals surface area contributed by atoms with E-state index < -0.39 is 10.8 Å². The number of nitrogens with one attached hydrogen (secondary N) is 1. The Morgan fingerprint density at radius 1 is 1.03 bits per heavy atom. The van der Waals surface area contributed by atoms with Crippen LogP contribution in [0.5, 0.6) is 0 Å². The molecule has 34 heavy (non-hydrogen) atoms. The van der Waals surface area contributed by atoms with Crippen LogP contribution in [0, 0.1) is 10.1 Å². The van der Waals surface area contributed by atoms with Crippen molar-refractivity contribution in [3.05, 3.63) is 79.5 Å². The summed E-state index contributed by atoms with van der Waals surface area (Å²) in [5.41, 5.74) is 0.900. The molecule has 1 fully saturated rings. The molecule has 2 heterocycles. The van der Waals surface area contributed by atoms with E-state index >= 15 is 0 Å². The van der Waals surface area contributed by atoms with Gasteiger partial charge in [0.1, 0.15) is 11.4 Å². The fourth-order valence-corrected chi connectivity index (χ4v) is 4.57. The third kappa shape index (κ3) is 5.12. The first-order chi connectivity index (χ1) is 16.2. The van der Waals surface area contributed by atoms with Gasteiger partial charge in [-0.2, -0.15) is 0 Å². The molecule has 4 rings (SSSR count). The molecule has 1 aliphatic heterocycles. The van der Waals surface area contributed by atoms with Crippen molar-refractivity contribution in [2.75, 3.05) is 31.1 Å². The standard InChI is InChI=1S/C22H17Cl3N4O4S/c23-13-4-5-15(24)14(12-13)18-6-7-19(33-18)21(30)26-22(34)28-10-8-27(9-11-28)20-16(25)2-1-3-17(20)29(31)32/h1-7,12H,8-11H2,(H,26,30,34). The summed E-state index contributed by atoms with van der Waals surface area (Å²) in [4.78, 5) is 27.3. The van der Waals surface area contributed by atoms with Crippen LogP contribution in [-0.2, 0) is 0 Å². The van der Waals surface area contributed by atoms with Crippen LogP contribution in [0.3, 0.4) is 0 Å². The minimum atomic E-state index is -0.501. The second-order valence-electron chi connectivity index (χ2n) is 7.39. The summed E-state index contributed by atoms with van der Waals surface area (Å²) in [7, 11) is 0. The zero-order valence-corrected chi connectivity index (χ0v) is 20.5. The van der Waals surface area contributed by atoms with Gasteiger partial charge in [0.05, 0.1) is 15.0 Å². The average Bonchev–Trinajstić information content (AvgIpc) is 3.31. The smallest absolute Gasteiger partial charge is 0.294 e. The summed E-state index contributed by atoms with van der Waals surface area (Å²) in [6.45, 7) is 1.78. The molecule has 1 aromatic heterocycles. The van der Waals surface area contributed by atoms with E-state index in [1.165, 1.54) is 12.1 Å². The lowest BCUT2D eigenvalue weighted by Gasteiger charge is -2.37. The third-order valence-electron chi connectivity index (χ3n) is 5.29. The van der Waals surface area contributed by atoms with E-state index in [0.717, 1.165) is 0 Å². The van der Waals surface area contributed by atoms with Crippen LogP contribution in [0.2, 0.25) is 15.1 Å². The molecular formula is C22H17Cl3N4O4S. The van der Waals surface area contributed by atoms with Crippen molar-refractivity contribution in [3.63, 3.8) is 0 Å². The van der Waals surface area contributed by atoms with Gasteiger partial charge < -0.3 is 14.2 Å². The van der Waals surface area contributed by atoms with Gasteiger partial charge in [-0.05, 0) is 48.6 Å². The molecule has 12 heteroatoms. The zero-order valence-electron chi connectivity index (χ0n) is 17.5. The normalized spacial score (nSPS) is 13.6. The number of thiocarbonyl (C=S) groups is 1. The highest BCUT2D eigenvalue weighted by Gasteiger charge is 2.27. The topological polar surface area (TPSA) is 91.9 Å². The highest BCUT2D eigenvalue weighted by atomic mass is 35.5. The number of para-hydroxylation sites is 1. The number of amides is 1. The molecule has 8 nitrogen and oxygen atoms in total. The summed E-state index contributed by atoms with van der Waals surface area (Å²) < 4.78 is 5.66. The average molecular weight is 540 g/mol. The minimum absolute atomic E-state index is 0.0507. The summed E-state index contributed by atoms with van der Waals surface area (Å²) in [6.07, 6.45) is 0. The SMILES string of the molecule is O=C(NC(=S)N1CCN(c2c(Cl)cccc2[N+](=O)[O-])CC1)c1ccc(-c2cc(Cl)ccc2Cl)o1. The Balaban J connectivity index is 1.39. The Kier molecular flexibility index (Phi) is 7.27. The molecular weight excluding hydrogens is 523 g/mol. The Hall–Kier alpha value is -2.85. The number of carbonyl (C=O) groups excluding carboxylic acids is 1. The molecule has 0 radical (unpaired) electrons. The summed E-state index contributed by atoms with van der Waals surface area (Å²) >= 11 is 23.9. The van der Waals surface area contributed by atoms with E-state index in [9.17, 15) is 14.9 Å². The summed E-state index contributed by atoms with van der Waals surface area (Å²) in [6, 6.07) is 12.7. The van der Waals surface area contributed by atoms with Crippen molar-refractivity contribution in [1.82, 2.24) is 10.2 Å². The predicted octanol–water partition coefficient (Wildman–Crippen LogP) is 5.65. The molecule has 1 saturated heterocycles. The lowest BCUT2D eigenvalue weighted by atomic mass is 10.2. The van der Waals surface area contributed by atoms with Gasteiger partial charge >= 0.3 is 0 Å². The number of nitro groups is 1. The number of anilines is 1. The first kappa shape index (κ1) is 24.3. The van der Waals surface area contributed by atoms with Crippen LogP contribution in [0.25, 0.3) is 11.3 Å². The molecule has 0 atom stereocenters. The van der Waals surface area contributed by atoms with Gasteiger partial charge in [-0.1, -0.05) is 40.9 Å². The van der Waals surface area contributed by atoms with E-state index in [4.69, 9.17) is 51.4 Å². The molecule has 176 valence electrons. The van der Waals surface area contributed by atoms with E-state index in [-0.39, 0.29) is 16.6 Å². The second kappa shape index (κ2) is 10.2. The van der Waals surface area contributed by atoms with Crippen LogP contribution >= 0.6 is 47.0 Å². The fourth-order valence-electron chi connectivity index (χ4n) is 3.63. The number of hydrogen-bond acceptors (Lipinski definition) is 6. The van der Waals surface area contributed by atoms with Gasteiger partial charge in [-0.15, -0.1) is 0 Å². The zero-order chi connectivity index (χ0) is 24.4. The fraction of sp³-hybridized carbons (Fsp3) is 0.182. The minimum Gasteiger partial charge on any atom is -0.451 e. The van der Waals surface area contributed by atoms with Gasteiger partial charge in [-0.25, -0.2) is 0 Å². The molecule has 1 amide bonds. The number of nitro benzene ring substituents is 1. The number of furan rings is 1. The maximum Gasteiger partial charge on any atom is 0.294 e. The quantitative estimate of drug-likeness (QED) is 0.260. The molecule has 0 aliphatic carbocycles. The van der Waals surface area contributed by atoms with E-state index in [1.807, 2.05) is 9.80 Å². The van der Waals surface area contributed by atoms with E-state index in [1.54, 1.807) is 36.4 Å². The van der Waals surface area contributed by atoms with E-state index in [2.05, 4.69) is 5.32 Å². The largest absolute Gasteiger partial charge is 0.451 e. The van der Waals surface area contributed by atoms with Crippen LogP contribution in [-0.4, -0.2) is 47.0 Å². The molecule has 0 bridgehead atoms. The molecule has 2 aromatic carbocycles. The second-order valence-corrected chi connectivity index (χ2v) is 9.02. The molecule has 3 aromatic rings. The molecule has 0 saturated carbocycles. The number of hydrogen-bond donors (Lipinski definition) is 1. The van der Waals surface area contributed by atoms with Crippen molar-refractivity contribution in [2.24, 2.45) is 0 Å². The van der Waals surface area contributed by atoms with Crippen molar-refractivity contribution in [1.29, 1.82) is 0 Å². The number of rotatable bonds is 4. The van der Waals surface area contributed by atoms with Crippen LogP contribution in [0.15, 0.2) is 52.9 Å². The lowest BCUT2D eigenvalue weighted by molar-refractivity contribution is -0.384. The highest BCUT2D eigenvalue weighted by Crippen LogP contribution is 2.36. The lowest BCUT2D eigenvalue weighted by Crippen LogP contribution is -2.52. The van der Waals surface area contributed by atoms with Crippen molar-refractivity contribution < 1.29 is 14.1 Å². The molecule has 1 aliphatic rings. The first-order valence-corrected chi connectivity index (χ1v) is 11.6. The Bertz CT molecular complexity index is 1270. The van der Waals surface area contributed by atoms with Crippen molar-refractivity contribution in [3.8, 4) is 11.3 Å². The van der Waals surface area contributed by atoms with Gasteiger partial charge in [-0.3, -0.25) is 20.2 Å². The van der Waals surface area contributed by atoms with Gasteiger partial charge in [0.25, 0.3) is 11.6 Å². The number of benzene rings is 2. The monoisotopic (exact) mass is 538 g/mol. The van der Waals surface area contributed by atoms with Gasteiger partial charge in [0.15, 0.2) is 10.9 Å². The summed E-state index contributed by atoms with van der Waals surface area (Å²) in [5, 5.41) is 15.5. The predicted molar refractivity (Wildman–Crippen MR) is 136 cm³/mol. The third-order valence-corrected chi connectivity index (χ3v) is 6.52. The Morgan fingerprint density at radius 3 is 2.47 bits per heavy atom. The van der Waals surface area contributed by atoms with Crippen molar-refractivity contribution in [2.45, 2.75) is 0 Å². The summed E-state index contributed by atoms with van der Waals surface area (Å²) in [5.74, 6) is -0.0317. The van der Waals surface area contributed by atoms with Crippen LogP contribution < -0.4 is 10.2 Å². The number of halogens is 3. The first-order valence-electron chi connectivity index (χ1n) is 10.1. The van der Waals surface area contributed by atoms with E-state index in [0.29, 0.717) is 58.3 Å². The van der Waals surface area contributed by atoms with Gasteiger partial charge in [0, 0.05) is 42.8 Å². The van der Waals surface area contributed by atoms with Gasteiger partial charge in [0.2, 0.25) is 0 Å². The Labute approximate surface area is 215 Å². The van der Waals surface area contributed by atoms with Crippen LogP contribution in [0.1, 0.15) is 10.6 Å². The molecule has 0 unspecified atom stereocenters.